The molecule has 3 aromatic rings. The molecule has 0 radical (unpaired) electrons. The van der Waals surface area contributed by atoms with Crippen molar-refractivity contribution < 1.29 is 14.3 Å². The fourth-order valence-electron chi connectivity index (χ4n) is 2.01. The molecule has 0 atom stereocenters. The molecule has 0 aliphatic carbocycles. The maximum atomic E-state index is 12.3. The molecule has 2 heterocycles. The zero-order valence-electron chi connectivity index (χ0n) is 12.7. The van der Waals surface area contributed by atoms with Crippen molar-refractivity contribution in [3.05, 3.63) is 55.5 Å². The maximum absolute atomic E-state index is 12.3. The van der Waals surface area contributed by atoms with Crippen LogP contribution in [0.3, 0.4) is 0 Å². The third-order valence-corrected chi connectivity index (χ3v) is 5.47. The first kappa shape index (κ1) is 17.9. The van der Waals surface area contributed by atoms with Gasteiger partial charge in [0.2, 0.25) is 0 Å². The highest BCUT2D eigenvalue weighted by molar-refractivity contribution is 7.20. The monoisotopic (exact) mass is 412 g/mol. The number of halogens is 2. The fraction of sp³-hybridized carbons (Fsp3) is 0.0625. The van der Waals surface area contributed by atoms with Crippen molar-refractivity contribution in [2.75, 3.05) is 12.4 Å². The summed E-state index contributed by atoms with van der Waals surface area (Å²) in [5.41, 5.74) is 2.16. The van der Waals surface area contributed by atoms with Crippen LogP contribution in [0, 0.1) is 0 Å². The highest BCUT2D eigenvalue weighted by Crippen LogP contribution is 2.39. The number of thiazole rings is 1. The van der Waals surface area contributed by atoms with E-state index < -0.39 is 5.97 Å². The van der Waals surface area contributed by atoms with Gasteiger partial charge < -0.3 is 4.74 Å². The second-order valence-corrected chi connectivity index (χ2v) is 7.94. The van der Waals surface area contributed by atoms with Crippen molar-refractivity contribution in [3.63, 3.8) is 0 Å². The molecule has 0 fully saturated rings. The summed E-state index contributed by atoms with van der Waals surface area (Å²) < 4.78 is 5.74. The molecule has 0 aliphatic heterocycles. The smallest absolute Gasteiger partial charge is 0.337 e. The minimum Gasteiger partial charge on any atom is -0.465 e. The van der Waals surface area contributed by atoms with Crippen molar-refractivity contribution in [2.45, 2.75) is 0 Å². The zero-order chi connectivity index (χ0) is 18.0. The van der Waals surface area contributed by atoms with Crippen LogP contribution in [-0.4, -0.2) is 24.0 Å². The maximum Gasteiger partial charge on any atom is 0.337 e. The summed E-state index contributed by atoms with van der Waals surface area (Å²) in [4.78, 5) is 28.0. The van der Waals surface area contributed by atoms with E-state index >= 15 is 0 Å². The average molecular weight is 413 g/mol. The van der Waals surface area contributed by atoms with Gasteiger partial charge in [-0.25, -0.2) is 9.78 Å². The van der Waals surface area contributed by atoms with Crippen LogP contribution in [-0.2, 0) is 4.74 Å². The molecular formula is C16H10Cl2N2O3S2. The Morgan fingerprint density at radius 2 is 1.84 bits per heavy atom. The van der Waals surface area contributed by atoms with E-state index in [0.29, 0.717) is 30.6 Å². The van der Waals surface area contributed by atoms with E-state index in [1.807, 2.05) is 0 Å². The summed E-state index contributed by atoms with van der Waals surface area (Å²) in [7, 11) is 1.30. The average Bonchev–Trinajstić information content (AvgIpc) is 3.20. The van der Waals surface area contributed by atoms with Gasteiger partial charge in [0.05, 0.1) is 22.7 Å². The number of anilines is 1. The minimum absolute atomic E-state index is 0.327. The van der Waals surface area contributed by atoms with Gasteiger partial charge in [0.25, 0.3) is 5.91 Å². The lowest BCUT2D eigenvalue weighted by atomic mass is 10.1. The number of carbonyl (C=O) groups excluding carboxylic acids is 2. The minimum atomic E-state index is -0.456. The molecular weight excluding hydrogens is 403 g/mol. The number of methoxy groups -OCH3 is 1. The topological polar surface area (TPSA) is 68.3 Å². The van der Waals surface area contributed by atoms with E-state index in [-0.39, 0.29) is 5.91 Å². The summed E-state index contributed by atoms with van der Waals surface area (Å²) >= 11 is 14.6. The van der Waals surface area contributed by atoms with E-state index in [4.69, 9.17) is 23.2 Å². The highest BCUT2D eigenvalue weighted by Gasteiger charge is 2.14. The molecule has 1 N–H and O–H groups in total. The van der Waals surface area contributed by atoms with Gasteiger partial charge in [0.1, 0.15) is 4.34 Å². The predicted molar refractivity (Wildman–Crippen MR) is 101 cm³/mol. The Labute approximate surface area is 161 Å². The quantitative estimate of drug-likeness (QED) is 0.596. The molecule has 5 nitrogen and oxygen atoms in total. The number of hydrogen-bond acceptors (Lipinski definition) is 6. The van der Waals surface area contributed by atoms with Crippen LogP contribution in [0.5, 0.6) is 0 Å². The van der Waals surface area contributed by atoms with E-state index in [1.165, 1.54) is 41.9 Å². The van der Waals surface area contributed by atoms with Crippen LogP contribution in [0.25, 0.3) is 11.3 Å². The number of ether oxygens (including phenoxy) is 1. The number of carbonyl (C=O) groups is 2. The number of nitrogens with one attached hydrogen (secondary N) is 1. The Kier molecular flexibility index (Phi) is 5.39. The first-order chi connectivity index (χ1) is 12.0. The Morgan fingerprint density at radius 3 is 2.44 bits per heavy atom. The largest absolute Gasteiger partial charge is 0.465 e. The Morgan fingerprint density at radius 1 is 1.16 bits per heavy atom. The van der Waals surface area contributed by atoms with Crippen molar-refractivity contribution in [2.24, 2.45) is 0 Å². The first-order valence-corrected chi connectivity index (χ1v) is 9.33. The summed E-state index contributed by atoms with van der Waals surface area (Å²) in [5, 5.41) is 4.95. The van der Waals surface area contributed by atoms with Gasteiger partial charge in [-0.05, 0) is 30.3 Å². The standard InChI is InChI=1S/C16H10Cl2N2O3S2/c1-23-15(22)9-4-2-8(3-5-9)14(21)20-16-19-11(7-24-16)10-6-12(17)25-13(10)18/h2-7H,1H3,(H,19,20,21). The van der Waals surface area contributed by atoms with E-state index in [9.17, 15) is 9.59 Å². The molecule has 2 aromatic heterocycles. The van der Waals surface area contributed by atoms with Crippen LogP contribution < -0.4 is 5.32 Å². The Hall–Kier alpha value is -1.93. The molecule has 0 saturated heterocycles. The van der Waals surface area contributed by atoms with Crippen LogP contribution >= 0.6 is 45.9 Å². The summed E-state index contributed by atoms with van der Waals surface area (Å²) in [6, 6.07) is 7.89. The molecule has 0 spiro atoms. The van der Waals surface area contributed by atoms with E-state index in [1.54, 1.807) is 23.6 Å². The number of nitrogens with zero attached hydrogens (tertiary/aromatic N) is 1. The number of benzene rings is 1. The zero-order valence-corrected chi connectivity index (χ0v) is 15.9. The third kappa shape index (κ3) is 4.01. The first-order valence-electron chi connectivity index (χ1n) is 6.88. The third-order valence-electron chi connectivity index (χ3n) is 3.23. The molecule has 3 rings (SSSR count). The lowest BCUT2D eigenvalue weighted by Crippen LogP contribution is -2.12. The number of rotatable bonds is 4. The van der Waals surface area contributed by atoms with E-state index in [0.717, 1.165) is 5.56 Å². The van der Waals surface area contributed by atoms with Crippen molar-refractivity contribution in [3.8, 4) is 11.3 Å². The Bertz CT molecular complexity index is 935. The molecule has 0 unspecified atom stereocenters. The van der Waals surface area contributed by atoms with Gasteiger partial charge in [-0.1, -0.05) is 23.2 Å². The predicted octanol–water partition coefficient (Wildman–Crippen LogP) is 5.22. The number of amides is 1. The van der Waals surface area contributed by atoms with Gasteiger partial charge in [0, 0.05) is 16.5 Å². The van der Waals surface area contributed by atoms with Crippen molar-refractivity contribution >= 4 is 62.9 Å². The molecule has 0 aliphatic rings. The molecule has 1 aromatic carbocycles. The second-order valence-electron chi connectivity index (χ2n) is 4.80. The lowest BCUT2D eigenvalue weighted by Gasteiger charge is -2.03. The number of aromatic nitrogens is 1. The number of hydrogen-bond donors (Lipinski definition) is 1. The van der Waals surface area contributed by atoms with Crippen LogP contribution in [0.15, 0.2) is 35.7 Å². The summed E-state index contributed by atoms with van der Waals surface area (Å²) in [6.07, 6.45) is 0. The summed E-state index contributed by atoms with van der Waals surface area (Å²) in [5.74, 6) is -0.783. The van der Waals surface area contributed by atoms with E-state index in [2.05, 4.69) is 15.0 Å². The van der Waals surface area contributed by atoms with Crippen molar-refractivity contribution in [1.29, 1.82) is 0 Å². The second kappa shape index (κ2) is 7.53. The molecule has 0 bridgehead atoms. The van der Waals surface area contributed by atoms with Crippen LogP contribution in [0.1, 0.15) is 20.7 Å². The van der Waals surface area contributed by atoms with Crippen molar-refractivity contribution in [1.82, 2.24) is 4.98 Å². The molecule has 9 heteroatoms. The SMILES string of the molecule is COC(=O)c1ccc(C(=O)Nc2nc(-c3cc(Cl)sc3Cl)cs2)cc1. The Balaban J connectivity index is 1.73. The van der Waals surface area contributed by atoms with Gasteiger partial charge >= 0.3 is 5.97 Å². The van der Waals surface area contributed by atoms with Gasteiger partial charge in [-0.2, -0.15) is 0 Å². The normalized spacial score (nSPS) is 10.5. The fourth-order valence-corrected chi connectivity index (χ4v) is 4.20. The summed E-state index contributed by atoms with van der Waals surface area (Å²) in [6.45, 7) is 0. The highest BCUT2D eigenvalue weighted by atomic mass is 35.5. The van der Waals surface area contributed by atoms with Crippen LogP contribution in [0.2, 0.25) is 8.67 Å². The van der Waals surface area contributed by atoms with Crippen LogP contribution in [0.4, 0.5) is 5.13 Å². The molecule has 25 heavy (non-hydrogen) atoms. The molecule has 128 valence electrons. The van der Waals surface area contributed by atoms with Gasteiger partial charge in [0.15, 0.2) is 5.13 Å². The number of esters is 1. The lowest BCUT2D eigenvalue weighted by molar-refractivity contribution is 0.0600. The van der Waals surface area contributed by atoms with Gasteiger partial charge in [-0.15, -0.1) is 22.7 Å². The molecule has 1 amide bonds. The number of thiophene rings is 1. The molecule has 0 saturated carbocycles. The van der Waals surface area contributed by atoms with Gasteiger partial charge in [-0.3, -0.25) is 10.1 Å².